The van der Waals surface area contributed by atoms with Crippen LogP contribution in [0.25, 0.3) is 0 Å². The van der Waals surface area contributed by atoms with Crippen molar-refractivity contribution in [2.45, 2.75) is 70.6 Å². The fourth-order valence-electron chi connectivity index (χ4n) is 2.04. The van der Waals surface area contributed by atoms with E-state index in [9.17, 15) is 0 Å². The molecule has 1 rings (SSSR count). The normalized spacial score (nSPS) is 12.9. The van der Waals surface area contributed by atoms with Crippen molar-refractivity contribution in [2.24, 2.45) is 0 Å². The molecule has 0 radical (unpaired) electrons. The van der Waals surface area contributed by atoms with E-state index in [1.54, 1.807) is 0 Å². The predicted molar refractivity (Wildman–Crippen MR) is 74.5 cm³/mol. The van der Waals surface area contributed by atoms with Gasteiger partial charge in [0.2, 0.25) is 0 Å². The quantitative estimate of drug-likeness (QED) is 0.481. The van der Waals surface area contributed by atoms with Crippen molar-refractivity contribution in [1.82, 2.24) is 9.97 Å². The van der Waals surface area contributed by atoms with Crippen LogP contribution in [0.5, 0.6) is 0 Å². The van der Waals surface area contributed by atoms with E-state index in [4.69, 9.17) is 11.6 Å². The zero-order valence-electron chi connectivity index (χ0n) is 11.1. The number of alkyl halides is 1. The van der Waals surface area contributed by atoms with Gasteiger partial charge in [0.05, 0.1) is 11.1 Å². The van der Waals surface area contributed by atoms with E-state index in [1.807, 2.05) is 13.1 Å². The van der Waals surface area contributed by atoms with E-state index in [1.165, 1.54) is 44.9 Å². The minimum absolute atomic E-state index is 0.104. The molecule has 0 fully saturated rings. The van der Waals surface area contributed by atoms with Crippen LogP contribution in [-0.2, 0) is 0 Å². The van der Waals surface area contributed by atoms with Crippen LogP contribution in [0, 0.1) is 6.92 Å². The Labute approximate surface area is 110 Å². The van der Waals surface area contributed by atoms with E-state index in [0.717, 1.165) is 17.9 Å². The maximum Gasteiger partial charge on any atom is 0.103 e. The summed E-state index contributed by atoms with van der Waals surface area (Å²) in [6.07, 6.45) is 12.3. The second-order valence-electron chi connectivity index (χ2n) is 4.80. The Balaban J connectivity index is 2.03. The van der Waals surface area contributed by atoms with Crippen molar-refractivity contribution >= 4 is 11.6 Å². The number of hydrogen-bond donors (Lipinski definition) is 1. The van der Waals surface area contributed by atoms with Crippen LogP contribution in [0.2, 0.25) is 0 Å². The van der Waals surface area contributed by atoms with E-state index in [-0.39, 0.29) is 5.38 Å². The van der Waals surface area contributed by atoms with Gasteiger partial charge in [0, 0.05) is 6.20 Å². The molecule has 0 bridgehead atoms. The Bertz CT molecular complexity index is 296. The van der Waals surface area contributed by atoms with Gasteiger partial charge in [0.15, 0.2) is 0 Å². The molecular weight excluding hydrogens is 232 g/mol. The van der Waals surface area contributed by atoms with Crippen molar-refractivity contribution in [3.63, 3.8) is 0 Å². The van der Waals surface area contributed by atoms with Gasteiger partial charge in [0.25, 0.3) is 0 Å². The second kappa shape index (κ2) is 8.57. The summed E-state index contributed by atoms with van der Waals surface area (Å²) in [5, 5.41) is 0.104. The lowest BCUT2D eigenvalue weighted by Gasteiger charge is -2.06. The van der Waals surface area contributed by atoms with Crippen LogP contribution in [0.1, 0.15) is 75.2 Å². The first kappa shape index (κ1) is 14.6. The Morgan fingerprint density at radius 1 is 1.18 bits per heavy atom. The van der Waals surface area contributed by atoms with Crippen LogP contribution < -0.4 is 0 Å². The Hall–Kier alpha value is -0.500. The molecule has 98 valence electrons. The fraction of sp³-hybridized carbons (Fsp3) is 0.786. The van der Waals surface area contributed by atoms with Gasteiger partial charge in [-0.05, 0) is 13.3 Å². The van der Waals surface area contributed by atoms with Crippen LogP contribution in [0.15, 0.2) is 6.20 Å². The lowest BCUT2D eigenvalue weighted by molar-refractivity contribution is 0.570. The van der Waals surface area contributed by atoms with Crippen molar-refractivity contribution in [3.05, 3.63) is 17.7 Å². The van der Waals surface area contributed by atoms with Gasteiger partial charge in [-0.25, -0.2) is 4.98 Å². The highest BCUT2D eigenvalue weighted by molar-refractivity contribution is 6.20. The average Bonchev–Trinajstić information content (AvgIpc) is 2.74. The summed E-state index contributed by atoms with van der Waals surface area (Å²) in [5.74, 6) is 0.949. The Morgan fingerprint density at radius 2 is 1.82 bits per heavy atom. The van der Waals surface area contributed by atoms with E-state index in [0.29, 0.717) is 0 Å². The summed E-state index contributed by atoms with van der Waals surface area (Å²) in [7, 11) is 0. The highest BCUT2D eigenvalue weighted by atomic mass is 35.5. The van der Waals surface area contributed by atoms with Crippen LogP contribution in [0.4, 0.5) is 0 Å². The average molecular weight is 257 g/mol. The molecule has 0 spiro atoms. The number of nitrogens with zero attached hydrogens (tertiary/aromatic N) is 1. The third kappa shape index (κ3) is 6.11. The number of unbranched alkanes of at least 4 members (excludes halogenated alkanes) is 6. The number of aromatic nitrogens is 2. The van der Waals surface area contributed by atoms with Gasteiger partial charge in [-0.3, -0.25) is 0 Å². The maximum absolute atomic E-state index is 6.31. The van der Waals surface area contributed by atoms with Gasteiger partial charge < -0.3 is 4.98 Å². The molecule has 1 atom stereocenters. The highest BCUT2D eigenvalue weighted by Crippen LogP contribution is 2.25. The zero-order valence-corrected chi connectivity index (χ0v) is 11.9. The first-order valence-electron chi connectivity index (χ1n) is 6.89. The standard InChI is InChI=1S/C14H25ClN2/c1-3-4-5-6-7-8-9-10-13(15)14-11-16-12(2)17-14/h11,13H,3-10H2,1-2H3,(H,16,17). The Kier molecular flexibility index (Phi) is 7.34. The smallest absolute Gasteiger partial charge is 0.103 e. The summed E-state index contributed by atoms with van der Waals surface area (Å²) >= 11 is 6.31. The van der Waals surface area contributed by atoms with Gasteiger partial charge in [-0.2, -0.15) is 0 Å². The Morgan fingerprint density at radius 3 is 2.41 bits per heavy atom. The molecule has 0 aliphatic carbocycles. The third-order valence-corrected chi connectivity index (χ3v) is 3.57. The number of H-pyrrole nitrogens is 1. The molecule has 2 nitrogen and oxygen atoms in total. The van der Waals surface area contributed by atoms with Gasteiger partial charge in [0.1, 0.15) is 5.82 Å². The molecular formula is C14H25ClN2. The largest absolute Gasteiger partial charge is 0.345 e. The molecule has 0 aliphatic rings. The molecule has 0 saturated heterocycles. The molecule has 1 aromatic rings. The molecule has 1 N–H and O–H groups in total. The minimum Gasteiger partial charge on any atom is -0.345 e. The minimum atomic E-state index is 0.104. The van der Waals surface area contributed by atoms with Crippen LogP contribution in [-0.4, -0.2) is 9.97 Å². The maximum atomic E-state index is 6.31. The first-order chi connectivity index (χ1) is 8.24. The number of rotatable bonds is 9. The highest BCUT2D eigenvalue weighted by Gasteiger charge is 2.09. The van der Waals surface area contributed by atoms with Crippen molar-refractivity contribution in [2.75, 3.05) is 0 Å². The molecule has 0 saturated carbocycles. The first-order valence-corrected chi connectivity index (χ1v) is 7.33. The zero-order chi connectivity index (χ0) is 12.5. The molecule has 1 unspecified atom stereocenters. The summed E-state index contributed by atoms with van der Waals surface area (Å²) in [5.41, 5.74) is 1.06. The number of aromatic amines is 1. The van der Waals surface area contributed by atoms with Crippen molar-refractivity contribution in [3.8, 4) is 0 Å². The van der Waals surface area contributed by atoms with Gasteiger partial charge in [-0.1, -0.05) is 51.9 Å². The summed E-state index contributed by atoms with van der Waals surface area (Å²) in [4.78, 5) is 7.38. The van der Waals surface area contributed by atoms with E-state index in [2.05, 4.69) is 16.9 Å². The number of hydrogen-bond acceptors (Lipinski definition) is 1. The SMILES string of the molecule is CCCCCCCCCC(Cl)c1cnc(C)[nH]1. The monoisotopic (exact) mass is 256 g/mol. The molecule has 0 amide bonds. The fourth-order valence-corrected chi connectivity index (χ4v) is 2.30. The molecule has 17 heavy (non-hydrogen) atoms. The van der Waals surface area contributed by atoms with Crippen LogP contribution >= 0.6 is 11.6 Å². The number of halogens is 1. The lowest BCUT2D eigenvalue weighted by atomic mass is 10.1. The number of nitrogens with one attached hydrogen (secondary N) is 1. The van der Waals surface area contributed by atoms with Crippen molar-refractivity contribution < 1.29 is 0 Å². The van der Waals surface area contributed by atoms with Crippen LogP contribution in [0.3, 0.4) is 0 Å². The number of aryl methyl sites for hydroxylation is 1. The topological polar surface area (TPSA) is 28.7 Å². The van der Waals surface area contributed by atoms with Gasteiger partial charge in [-0.15, -0.1) is 11.6 Å². The van der Waals surface area contributed by atoms with E-state index >= 15 is 0 Å². The molecule has 0 aromatic carbocycles. The lowest BCUT2D eigenvalue weighted by Crippen LogP contribution is -1.91. The molecule has 3 heteroatoms. The molecule has 0 aliphatic heterocycles. The summed E-state index contributed by atoms with van der Waals surface area (Å²) in [6.45, 7) is 4.21. The van der Waals surface area contributed by atoms with E-state index < -0.39 is 0 Å². The molecule has 1 heterocycles. The third-order valence-electron chi connectivity index (χ3n) is 3.12. The summed E-state index contributed by atoms with van der Waals surface area (Å²) < 4.78 is 0. The van der Waals surface area contributed by atoms with Gasteiger partial charge >= 0.3 is 0 Å². The van der Waals surface area contributed by atoms with Crippen molar-refractivity contribution in [1.29, 1.82) is 0 Å². The second-order valence-corrected chi connectivity index (χ2v) is 5.33. The summed E-state index contributed by atoms with van der Waals surface area (Å²) in [6, 6.07) is 0. The molecule has 1 aromatic heterocycles. The predicted octanol–water partition coefficient (Wildman–Crippen LogP) is 5.14. The number of imidazole rings is 1.